The normalized spacial score (nSPS) is 20.6. The summed E-state index contributed by atoms with van der Waals surface area (Å²) >= 11 is 12.7. The van der Waals surface area contributed by atoms with Crippen molar-refractivity contribution >= 4 is 34.6 Å². The van der Waals surface area contributed by atoms with Crippen molar-refractivity contribution in [1.29, 1.82) is 0 Å². The number of benzene rings is 3. The first-order valence-electron chi connectivity index (χ1n) is 16.5. The Morgan fingerprint density at radius 1 is 0.920 bits per heavy atom. The van der Waals surface area contributed by atoms with Gasteiger partial charge in [-0.2, -0.15) is 10.2 Å². The maximum absolute atomic E-state index is 12.8. The fourth-order valence-corrected chi connectivity index (χ4v) is 6.80. The van der Waals surface area contributed by atoms with Crippen molar-refractivity contribution in [2.75, 3.05) is 49.2 Å². The Balaban J connectivity index is 0.924. The van der Waals surface area contributed by atoms with Gasteiger partial charge in [0, 0.05) is 48.1 Å². The van der Waals surface area contributed by atoms with Crippen LogP contribution in [0.5, 0.6) is 5.75 Å². The number of piperazine rings is 1. The number of halogens is 2. The van der Waals surface area contributed by atoms with E-state index < -0.39 is 17.9 Å². The van der Waals surface area contributed by atoms with Crippen LogP contribution in [0.3, 0.4) is 0 Å². The number of aromatic nitrogens is 6. The van der Waals surface area contributed by atoms with Gasteiger partial charge >= 0.3 is 5.69 Å². The summed E-state index contributed by atoms with van der Waals surface area (Å²) in [5.74, 6) is -0.432. The number of ether oxygens (including phenoxy) is 3. The third kappa shape index (κ3) is 7.10. The van der Waals surface area contributed by atoms with E-state index in [0.717, 1.165) is 49.0 Å². The summed E-state index contributed by atoms with van der Waals surface area (Å²) in [5.41, 5.74) is 3.33. The molecule has 0 saturated carbocycles. The quantitative estimate of drug-likeness (QED) is 0.208. The molecule has 4 heterocycles. The van der Waals surface area contributed by atoms with Crippen LogP contribution in [-0.4, -0.2) is 85.8 Å². The summed E-state index contributed by atoms with van der Waals surface area (Å²) in [4.78, 5) is 21.6. The maximum atomic E-state index is 12.8. The molecule has 0 spiro atoms. The highest BCUT2D eigenvalue weighted by Gasteiger charge is 2.45. The second-order valence-electron chi connectivity index (χ2n) is 12.5. The van der Waals surface area contributed by atoms with E-state index in [1.165, 1.54) is 21.9 Å². The Bertz CT molecular complexity index is 1940. The molecule has 0 bridgehead atoms. The molecule has 7 rings (SSSR count). The molecule has 1 unspecified atom stereocenters. The molecule has 2 aliphatic heterocycles. The topological polar surface area (TPSA) is 125 Å². The maximum Gasteiger partial charge on any atom is 0.350 e. The number of aliphatic hydroxyl groups excluding tert-OH is 1. The lowest BCUT2D eigenvalue weighted by Crippen LogP contribution is -2.46. The molecule has 50 heavy (non-hydrogen) atoms. The van der Waals surface area contributed by atoms with E-state index in [0.29, 0.717) is 28.8 Å². The van der Waals surface area contributed by atoms with Crippen LogP contribution < -0.4 is 20.2 Å². The first kappa shape index (κ1) is 34.1. The Morgan fingerprint density at radius 3 is 2.20 bits per heavy atom. The predicted octanol–water partition coefficient (Wildman–Crippen LogP) is 4.55. The first-order chi connectivity index (χ1) is 24.2. The van der Waals surface area contributed by atoms with Crippen molar-refractivity contribution in [1.82, 2.24) is 29.1 Å². The first-order valence-corrected chi connectivity index (χ1v) is 17.2. The van der Waals surface area contributed by atoms with Crippen molar-refractivity contribution in [3.63, 3.8) is 0 Å². The smallest absolute Gasteiger partial charge is 0.350 e. The number of anilines is 2. The minimum absolute atomic E-state index is 0.261. The molecular weight excluding hydrogens is 683 g/mol. The van der Waals surface area contributed by atoms with Gasteiger partial charge in [-0.05, 0) is 74.5 Å². The summed E-state index contributed by atoms with van der Waals surface area (Å²) in [7, 11) is 0. The molecule has 4 atom stereocenters. The Kier molecular flexibility index (Phi) is 9.84. The summed E-state index contributed by atoms with van der Waals surface area (Å²) in [6.45, 7) is 7.71. The molecule has 262 valence electrons. The molecule has 2 aliphatic rings. The van der Waals surface area contributed by atoms with E-state index >= 15 is 0 Å². The van der Waals surface area contributed by atoms with E-state index in [1.54, 1.807) is 37.0 Å². The average molecular weight is 722 g/mol. The largest absolute Gasteiger partial charge is 0.491 e. The molecule has 2 aromatic heterocycles. The molecule has 2 saturated heterocycles. The third-order valence-electron chi connectivity index (χ3n) is 9.23. The van der Waals surface area contributed by atoms with Crippen LogP contribution in [0.1, 0.15) is 25.5 Å². The zero-order chi connectivity index (χ0) is 34.8. The molecule has 15 heteroatoms. The number of rotatable bonds is 11. The van der Waals surface area contributed by atoms with Crippen molar-refractivity contribution < 1.29 is 19.3 Å². The van der Waals surface area contributed by atoms with Crippen molar-refractivity contribution in [3.8, 4) is 11.4 Å². The lowest BCUT2D eigenvalue weighted by Gasteiger charge is -2.37. The second-order valence-corrected chi connectivity index (χ2v) is 13.4. The van der Waals surface area contributed by atoms with E-state index in [-0.39, 0.29) is 18.3 Å². The van der Waals surface area contributed by atoms with Crippen LogP contribution >= 0.6 is 23.2 Å². The molecule has 13 nitrogen and oxygen atoms in total. The van der Waals surface area contributed by atoms with E-state index in [9.17, 15) is 9.90 Å². The summed E-state index contributed by atoms with van der Waals surface area (Å²) in [6.07, 6.45) is 3.53. The molecule has 0 radical (unpaired) electrons. The molecule has 2 fully saturated rings. The van der Waals surface area contributed by atoms with Crippen LogP contribution in [-0.2, 0) is 21.8 Å². The van der Waals surface area contributed by atoms with Gasteiger partial charge in [-0.25, -0.2) is 23.7 Å². The molecule has 5 aromatic rings. The zero-order valence-corrected chi connectivity index (χ0v) is 29.2. The highest BCUT2D eigenvalue weighted by molar-refractivity contribution is 6.35. The Hall–Kier alpha value is -4.40. The minimum atomic E-state index is -1.17. The SMILES string of the molecule is CC([C@H](C)O)n1ncn(-c2ccc(N3CCN(c4ccc(OC[C@@H]5CO[C@@](Cn6cncn6)(c6ccc(Cl)cc6Cl)O5)cc4)CC3)cc2)c1=O. The summed E-state index contributed by atoms with van der Waals surface area (Å²) in [6, 6.07) is 20.8. The second kappa shape index (κ2) is 14.4. The number of hydrogen-bond acceptors (Lipinski definition) is 10. The third-order valence-corrected chi connectivity index (χ3v) is 9.77. The molecule has 3 aromatic carbocycles. The Labute approximate surface area is 299 Å². The highest BCUT2D eigenvalue weighted by atomic mass is 35.5. The lowest BCUT2D eigenvalue weighted by molar-refractivity contribution is -0.190. The summed E-state index contributed by atoms with van der Waals surface area (Å²) < 4.78 is 23.3. The van der Waals surface area contributed by atoms with Gasteiger partial charge in [0.1, 0.15) is 44.0 Å². The number of hydrogen-bond donors (Lipinski definition) is 1. The van der Waals surface area contributed by atoms with Crippen molar-refractivity contribution in [2.45, 2.75) is 44.4 Å². The van der Waals surface area contributed by atoms with Gasteiger partial charge in [-0.1, -0.05) is 29.3 Å². The fourth-order valence-electron chi connectivity index (χ4n) is 6.25. The zero-order valence-electron chi connectivity index (χ0n) is 27.7. The number of aliphatic hydroxyl groups is 1. The molecule has 0 aliphatic carbocycles. The predicted molar refractivity (Wildman–Crippen MR) is 190 cm³/mol. The van der Waals surface area contributed by atoms with Crippen LogP contribution in [0, 0.1) is 0 Å². The highest BCUT2D eigenvalue weighted by Crippen LogP contribution is 2.40. The molecule has 0 amide bonds. The van der Waals surface area contributed by atoms with E-state index in [4.69, 9.17) is 37.4 Å². The molecular formula is C35H38Cl2N8O5. The Morgan fingerprint density at radius 2 is 1.58 bits per heavy atom. The van der Waals surface area contributed by atoms with E-state index in [1.807, 2.05) is 42.5 Å². The van der Waals surface area contributed by atoms with Crippen molar-refractivity contribution in [2.24, 2.45) is 0 Å². The molecule has 1 N–H and O–H groups in total. The average Bonchev–Trinajstić information content (AvgIpc) is 3.88. The number of nitrogens with zero attached hydrogens (tertiary/aromatic N) is 8. The standard InChI is InChI=1S/C35H38Cl2N8O5/c1-24(25(2)46)45-34(47)44(23-40-45)29-6-4-27(5-7-29)41-13-15-42(16-14-41)28-8-10-30(11-9-28)48-18-31-19-49-35(50-31,20-43-22-38-21-39-43)32-12-3-26(36)17-33(32)37/h3-12,17,21-25,31,46H,13-16,18-20H2,1-2H3/t24?,25-,31+,35+/m0/s1. The van der Waals surface area contributed by atoms with Gasteiger partial charge in [0.15, 0.2) is 0 Å². The van der Waals surface area contributed by atoms with Crippen LogP contribution in [0.25, 0.3) is 5.69 Å². The van der Waals surface area contributed by atoms with Gasteiger partial charge in [-0.3, -0.25) is 0 Å². The van der Waals surface area contributed by atoms with Gasteiger partial charge < -0.3 is 29.1 Å². The van der Waals surface area contributed by atoms with Gasteiger partial charge in [0.2, 0.25) is 5.79 Å². The van der Waals surface area contributed by atoms with Crippen LogP contribution in [0.15, 0.2) is 90.5 Å². The fraction of sp³-hybridized carbons (Fsp3) is 0.371. The van der Waals surface area contributed by atoms with Gasteiger partial charge in [0.25, 0.3) is 0 Å². The minimum Gasteiger partial charge on any atom is -0.491 e. The van der Waals surface area contributed by atoms with E-state index in [2.05, 4.69) is 37.1 Å². The lowest BCUT2D eigenvalue weighted by atomic mass is 10.1. The van der Waals surface area contributed by atoms with Crippen LogP contribution in [0.2, 0.25) is 10.0 Å². The monoisotopic (exact) mass is 720 g/mol. The van der Waals surface area contributed by atoms with Crippen molar-refractivity contribution in [3.05, 3.63) is 112 Å². The van der Waals surface area contributed by atoms with Gasteiger partial charge in [0.05, 0.1) is 29.5 Å². The summed E-state index contributed by atoms with van der Waals surface area (Å²) in [5, 5.41) is 19.2. The van der Waals surface area contributed by atoms with Crippen LogP contribution in [0.4, 0.5) is 11.4 Å². The van der Waals surface area contributed by atoms with Gasteiger partial charge in [-0.15, -0.1) is 0 Å².